The molecular weight excluding hydrogens is 316 g/mol. The fourth-order valence-corrected chi connectivity index (χ4v) is 3.69. The molecule has 2 aliphatic heterocycles. The summed E-state index contributed by atoms with van der Waals surface area (Å²) in [5.74, 6) is -1.73. The molecule has 1 amide bonds. The zero-order valence-electron chi connectivity index (χ0n) is 13.2. The lowest BCUT2D eigenvalue weighted by molar-refractivity contribution is -0.385. The Morgan fingerprint density at radius 3 is 2.83 bits per heavy atom. The summed E-state index contributed by atoms with van der Waals surface area (Å²) in [5.41, 5.74) is -0.742. The van der Waals surface area contributed by atoms with Crippen molar-refractivity contribution in [3.8, 4) is 0 Å². The Hall–Kier alpha value is -2.48. The van der Waals surface area contributed by atoms with Gasteiger partial charge in [-0.05, 0) is 18.9 Å². The Balaban J connectivity index is 1.96. The first kappa shape index (κ1) is 16.4. The highest BCUT2D eigenvalue weighted by atomic mass is 16.6. The lowest BCUT2D eigenvalue weighted by Gasteiger charge is -2.33. The number of amides is 1. The van der Waals surface area contributed by atoms with E-state index in [1.54, 1.807) is 13.0 Å². The molecule has 3 rings (SSSR count). The molecule has 128 valence electrons. The molecule has 1 aromatic carbocycles. The number of hydrogen-bond acceptors (Lipinski definition) is 5. The number of likely N-dealkylation sites (tertiary alicyclic amines) is 1. The predicted octanol–water partition coefficient (Wildman–Crippen LogP) is 1.47. The molecule has 2 aliphatic rings. The average Bonchev–Trinajstić information content (AvgIpc) is 2.95. The number of hydrogen-bond donors (Lipinski definition) is 1. The minimum Gasteiger partial charge on any atom is -0.481 e. The summed E-state index contributed by atoms with van der Waals surface area (Å²) in [4.78, 5) is 36.8. The minimum absolute atomic E-state index is 0.0302. The van der Waals surface area contributed by atoms with E-state index >= 15 is 0 Å². The number of carbonyl (C=O) groups excluding carboxylic acids is 1. The summed E-state index contributed by atoms with van der Waals surface area (Å²) in [6.45, 7) is 2.55. The van der Waals surface area contributed by atoms with Gasteiger partial charge in [0.05, 0.1) is 16.9 Å². The number of benzene rings is 1. The molecule has 2 heterocycles. The highest BCUT2D eigenvalue weighted by Gasteiger charge is 2.55. The molecule has 1 aromatic rings. The van der Waals surface area contributed by atoms with Crippen molar-refractivity contribution in [1.29, 1.82) is 0 Å². The number of carboxylic acids is 1. The van der Waals surface area contributed by atoms with E-state index in [1.165, 1.54) is 17.0 Å². The smallest absolute Gasteiger partial charge is 0.311 e. The van der Waals surface area contributed by atoms with Crippen LogP contribution in [-0.4, -0.2) is 53.1 Å². The molecule has 1 N–H and O–H groups in total. The van der Waals surface area contributed by atoms with Crippen LogP contribution in [0.2, 0.25) is 0 Å². The van der Waals surface area contributed by atoms with Crippen molar-refractivity contribution < 1.29 is 24.4 Å². The fraction of sp³-hybridized carbons (Fsp3) is 0.500. The number of rotatable bonds is 3. The maximum Gasteiger partial charge on any atom is 0.311 e. The van der Waals surface area contributed by atoms with Crippen LogP contribution in [0.3, 0.4) is 0 Å². The minimum atomic E-state index is -1.02. The van der Waals surface area contributed by atoms with E-state index in [0.717, 1.165) is 0 Å². The standard InChI is InChI=1S/C16H18N2O6/c1-10-3-2-4-12(18(22)23)13(10)14(19)17-7-11-8-24-6-5-16(11,9-17)15(20)21/h2-4,11H,5-9H2,1H3,(H,20,21)/t11-,16+/m0/s1. The first-order valence-corrected chi connectivity index (χ1v) is 7.71. The van der Waals surface area contributed by atoms with Gasteiger partial charge in [-0.3, -0.25) is 19.7 Å². The van der Waals surface area contributed by atoms with E-state index in [0.29, 0.717) is 18.6 Å². The third-order valence-electron chi connectivity index (χ3n) is 5.08. The number of carbonyl (C=O) groups is 2. The van der Waals surface area contributed by atoms with E-state index in [4.69, 9.17) is 4.74 Å². The van der Waals surface area contributed by atoms with Crippen molar-refractivity contribution in [2.24, 2.45) is 11.3 Å². The molecule has 0 radical (unpaired) electrons. The van der Waals surface area contributed by atoms with Gasteiger partial charge in [-0.2, -0.15) is 0 Å². The second kappa shape index (κ2) is 5.86. The van der Waals surface area contributed by atoms with Gasteiger partial charge in [-0.1, -0.05) is 12.1 Å². The maximum atomic E-state index is 12.9. The van der Waals surface area contributed by atoms with E-state index in [9.17, 15) is 24.8 Å². The number of carboxylic acid groups (broad SMARTS) is 1. The van der Waals surface area contributed by atoms with E-state index < -0.39 is 22.2 Å². The highest BCUT2D eigenvalue weighted by molar-refractivity contribution is 6.00. The van der Waals surface area contributed by atoms with Crippen LogP contribution >= 0.6 is 0 Å². The molecule has 8 heteroatoms. The monoisotopic (exact) mass is 334 g/mol. The molecular formula is C16H18N2O6. The van der Waals surface area contributed by atoms with Gasteiger partial charge >= 0.3 is 5.97 Å². The molecule has 24 heavy (non-hydrogen) atoms. The molecule has 0 aromatic heterocycles. The number of fused-ring (bicyclic) bond motifs is 1. The molecule has 0 bridgehead atoms. The molecule has 2 saturated heterocycles. The topological polar surface area (TPSA) is 110 Å². The molecule has 0 saturated carbocycles. The normalized spacial score (nSPS) is 26.0. The quantitative estimate of drug-likeness (QED) is 0.662. The van der Waals surface area contributed by atoms with Crippen molar-refractivity contribution in [3.05, 3.63) is 39.4 Å². The third-order valence-corrected chi connectivity index (χ3v) is 5.08. The number of ether oxygens (including phenoxy) is 1. The van der Waals surface area contributed by atoms with Gasteiger partial charge in [0.15, 0.2) is 0 Å². The van der Waals surface area contributed by atoms with E-state index in [2.05, 4.69) is 0 Å². The summed E-state index contributed by atoms with van der Waals surface area (Å²) >= 11 is 0. The lowest BCUT2D eigenvalue weighted by Crippen LogP contribution is -2.45. The zero-order chi connectivity index (χ0) is 17.5. The number of nitro groups is 1. The van der Waals surface area contributed by atoms with Gasteiger partial charge in [-0.15, -0.1) is 0 Å². The summed E-state index contributed by atoms with van der Waals surface area (Å²) in [7, 11) is 0. The van der Waals surface area contributed by atoms with Crippen molar-refractivity contribution in [2.75, 3.05) is 26.3 Å². The third kappa shape index (κ3) is 2.43. The Labute approximate surface area is 138 Å². The Bertz CT molecular complexity index is 719. The molecule has 0 aliphatic carbocycles. The zero-order valence-corrected chi connectivity index (χ0v) is 13.2. The SMILES string of the molecule is Cc1cccc([N+](=O)[O-])c1C(=O)N1C[C@H]2COCC[C@@]2(C(=O)O)C1. The van der Waals surface area contributed by atoms with Gasteiger partial charge in [0, 0.05) is 31.7 Å². The fourth-order valence-electron chi connectivity index (χ4n) is 3.69. The second-order valence-corrected chi connectivity index (χ2v) is 6.39. The summed E-state index contributed by atoms with van der Waals surface area (Å²) in [5, 5.41) is 20.9. The van der Waals surface area contributed by atoms with Gasteiger partial charge in [-0.25, -0.2) is 0 Å². The van der Waals surface area contributed by atoms with Crippen molar-refractivity contribution in [1.82, 2.24) is 4.90 Å². The Kier molecular flexibility index (Phi) is 4.00. The first-order chi connectivity index (χ1) is 11.4. The van der Waals surface area contributed by atoms with Crippen LogP contribution in [0, 0.1) is 28.4 Å². The van der Waals surface area contributed by atoms with Crippen LogP contribution < -0.4 is 0 Å². The van der Waals surface area contributed by atoms with Crippen LogP contribution in [0.4, 0.5) is 5.69 Å². The van der Waals surface area contributed by atoms with Gasteiger partial charge in [0.1, 0.15) is 5.56 Å². The predicted molar refractivity (Wildman–Crippen MR) is 82.7 cm³/mol. The second-order valence-electron chi connectivity index (χ2n) is 6.39. The summed E-state index contributed by atoms with van der Waals surface area (Å²) in [6, 6.07) is 4.46. The first-order valence-electron chi connectivity index (χ1n) is 7.71. The molecule has 2 atom stereocenters. The number of nitrogens with zero attached hydrogens (tertiary/aromatic N) is 2. The van der Waals surface area contributed by atoms with Crippen molar-refractivity contribution >= 4 is 17.6 Å². The molecule has 8 nitrogen and oxygen atoms in total. The Morgan fingerprint density at radius 1 is 1.46 bits per heavy atom. The van der Waals surface area contributed by atoms with Crippen LogP contribution in [-0.2, 0) is 9.53 Å². The summed E-state index contributed by atoms with van der Waals surface area (Å²) < 4.78 is 5.37. The van der Waals surface area contributed by atoms with Crippen molar-refractivity contribution in [3.63, 3.8) is 0 Å². The van der Waals surface area contributed by atoms with Crippen LogP contribution in [0.1, 0.15) is 22.3 Å². The molecule has 0 spiro atoms. The highest BCUT2D eigenvalue weighted by Crippen LogP contribution is 2.43. The molecule has 2 fully saturated rings. The number of aliphatic carboxylic acids is 1. The van der Waals surface area contributed by atoms with Gasteiger partial charge in [0.25, 0.3) is 11.6 Å². The van der Waals surface area contributed by atoms with E-state index in [1.807, 2.05) is 0 Å². The average molecular weight is 334 g/mol. The van der Waals surface area contributed by atoms with Gasteiger partial charge < -0.3 is 14.7 Å². The van der Waals surface area contributed by atoms with Crippen LogP contribution in [0.5, 0.6) is 0 Å². The largest absolute Gasteiger partial charge is 0.481 e. The lowest BCUT2D eigenvalue weighted by atomic mass is 9.74. The number of aryl methyl sites for hydroxylation is 1. The van der Waals surface area contributed by atoms with Gasteiger partial charge in [0.2, 0.25) is 0 Å². The van der Waals surface area contributed by atoms with E-state index in [-0.39, 0.29) is 36.9 Å². The van der Waals surface area contributed by atoms with Crippen LogP contribution in [0.25, 0.3) is 0 Å². The Morgan fingerprint density at radius 2 is 2.21 bits per heavy atom. The number of nitro benzene ring substituents is 1. The summed E-state index contributed by atoms with van der Waals surface area (Å²) in [6.07, 6.45) is 0.340. The molecule has 0 unspecified atom stereocenters. The van der Waals surface area contributed by atoms with Crippen LogP contribution in [0.15, 0.2) is 18.2 Å². The van der Waals surface area contributed by atoms with Crippen molar-refractivity contribution in [2.45, 2.75) is 13.3 Å². The maximum absolute atomic E-state index is 12.9.